The molecule has 0 aromatic heterocycles. The van der Waals surface area contributed by atoms with Gasteiger partial charge in [-0.3, -0.25) is 10.2 Å². The molecule has 3 rings (SSSR count). The second kappa shape index (κ2) is 7.40. The number of ether oxygens (including phenoxy) is 2. The average Bonchev–Trinajstić information content (AvgIpc) is 3.06. The number of benzene rings is 2. The van der Waals surface area contributed by atoms with Crippen molar-refractivity contribution in [3.63, 3.8) is 0 Å². The van der Waals surface area contributed by atoms with Crippen LogP contribution < -0.4 is 20.3 Å². The molecule has 0 saturated carbocycles. The van der Waals surface area contributed by atoms with E-state index in [9.17, 15) is 4.79 Å². The van der Waals surface area contributed by atoms with Crippen molar-refractivity contribution in [3.05, 3.63) is 69.8 Å². The number of hydrogen-bond donors (Lipinski definition) is 2. The Morgan fingerprint density at radius 1 is 1.17 bits per heavy atom. The predicted molar refractivity (Wildman–Crippen MR) is 94.8 cm³/mol. The van der Waals surface area contributed by atoms with E-state index in [4.69, 9.17) is 9.47 Å². The molecule has 2 aromatic rings. The van der Waals surface area contributed by atoms with Crippen molar-refractivity contribution in [1.29, 1.82) is 0 Å². The van der Waals surface area contributed by atoms with Gasteiger partial charge in [0, 0.05) is 10.2 Å². The van der Waals surface area contributed by atoms with Crippen LogP contribution in [0.1, 0.15) is 22.8 Å². The fourth-order valence-electron chi connectivity index (χ4n) is 2.26. The first-order valence-corrected chi connectivity index (χ1v) is 8.29. The second-order valence-electron chi connectivity index (χ2n) is 5.34. The van der Waals surface area contributed by atoms with Crippen molar-refractivity contribution in [2.24, 2.45) is 0 Å². The van der Waals surface area contributed by atoms with Crippen molar-refractivity contribution >= 4 is 21.8 Å². The molecule has 1 aliphatic heterocycles. The van der Waals surface area contributed by atoms with Gasteiger partial charge in [0.1, 0.15) is 0 Å². The number of carbonyl (C=O) groups excluding carboxylic acids is 1. The van der Waals surface area contributed by atoms with E-state index in [0.29, 0.717) is 5.56 Å². The maximum absolute atomic E-state index is 12.1. The Balaban J connectivity index is 1.55. The summed E-state index contributed by atoms with van der Waals surface area (Å²) in [7, 11) is 0. The Hall–Kier alpha value is -2.47. The Morgan fingerprint density at radius 2 is 1.96 bits per heavy atom. The van der Waals surface area contributed by atoms with E-state index in [1.165, 1.54) is 0 Å². The molecule has 5 nitrogen and oxygen atoms in total. The van der Waals surface area contributed by atoms with Gasteiger partial charge in [0.05, 0.1) is 5.56 Å². The summed E-state index contributed by atoms with van der Waals surface area (Å²) in [6.07, 6.45) is 2.72. The fourth-order valence-corrected chi connectivity index (χ4v) is 2.72. The van der Waals surface area contributed by atoms with Crippen LogP contribution in [0.5, 0.6) is 11.5 Å². The summed E-state index contributed by atoms with van der Waals surface area (Å²) < 4.78 is 11.4. The highest BCUT2D eigenvalue weighted by molar-refractivity contribution is 9.10. The molecule has 0 spiro atoms. The van der Waals surface area contributed by atoms with Crippen molar-refractivity contribution in [1.82, 2.24) is 10.9 Å². The molecule has 1 heterocycles. The molecule has 0 unspecified atom stereocenters. The summed E-state index contributed by atoms with van der Waals surface area (Å²) in [5.41, 5.74) is 8.14. The summed E-state index contributed by atoms with van der Waals surface area (Å²) >= 11 is 3.36. The van der Waals surface area contributed by atoms with Gasteiger partial charge in [-0.1, -0.05) is 24.3 Å². The molecule has 0 atom stereocenters. The number of carbonyl (C=O) groups is 1. The number of allylic oxidation sites excluding steroid dienone is 2. The van der Waals surface area contributed by atoms with Crippen molar-refractivity contribution < 1.29 is 14.3 Å². The van der Waals surface area contributed by atoms with Gasteiger partial charge in [0.15, 0.2) is 11.5 Å². The molecular weight excluding hydrogens is 372 g/mol. The summed E-state index contributed by atoms with van der Waals surface area (Å²) in [5.74, 6) is 1.35. The lowest BCUT2D eigenvalue weighted by molar-refractivity contribution is 0.0938. The molecule has 0 saturated heterocycles. The number of rotatable bonds is 5. The highest BCUT2D eigenvalue weighted by Gasteiger charge is 2.12. The smallest absolute Gasteiger partial charge is 0.270 e. The van der Waals surface area contributed by atoms with Gasteiger partial charge in [-0.15, -0.1) is 0 Å². The highest BCUT2D eigenvalue weighted by atomic mass is 79.9. The summed E-state index contributed by atoms with van der Waals surface area (Å²) in [6, 6.07) is 13.1. The van der Waals surface area contributed by atoms with Crippen LogP contribution in [0.15, 0.2) is 58.7 Å². The number of hydrogen-bond acceptors (Lipinski definition) is 4. The summed E-state index contributed by atoms with van der Waals surface area (Å²) in [5, 5.41) is 0. The number of nitrogens with one attached hydrogen (secondary N) is 2. The van der Waals surface area contributed by atoms with Crippen LogP contribution in [0.4, 0.5) is 0 Å². The zero-order chi connectivity index (χ0) is 16.9. The van der Waals surface area contributed by atoms with Gasteiger partial charge in [-0.25, -0.2) is 0 Å². The Kier molecular flexibility index (Phi) is 5.05. The van der Waals surface area contributed by atoms with Gasteiger partial charge >= 0.3 is 0 Å². The average molecular weight is 389 g/mol. The van der Waals surface area contributed by atoms with Crippen LogP contribution in [0.25, 0.3) is 0 Å². The van der Waals surface area contributed by atoms with Gasteiger partial charge in [-0.05, 0) is 59.1 Å². The van der Waals surface area contributed by atoms with E-state index < -0.39 is 0 Å². The van der Waals surface area contributed by atoms with Crippen LogP contribution >= 0.6 is 15.9 Å². The minimum Gasteiger partial charge on any atom is -0.454 e. The zero-order valence-electron chi connectivity index (χ0n) is 13.1. The van der Waals surface area contributed by atoms with E-state index in [1.54, 1.807) is 6.07 Å². The van der Waals surface area contributed by atoms with Crippen molar-refractivity contribution in [3.8, 4) is 11.5 Å². The molecule has 1 amide bonds. The van der Waals surface area contributed by atoms with Gasteiger partial charge < -0.3 is 14.9 Å². The van der Waals surface area contributed by atoms with Gasteiger partial charge in [-0.2, -0.15) is 0 Å². The number of amides is 1. The molecule has 0 radical (unpaired) electrons. The fraction of sp³-hybridized carbons (Fsp3) is 0.167. The predicted octanol–water partition coefficient (Wildman–Crippen LogP) is 3.56. The quantitative estimate of drug-likeness (QED) is 0.768. The minimum atomic E-state index is -0.196. The summed E-state index contributed by atoms with van der Waals surface area (Å²) in [4.78, 5) is 12.1. The third-order valence-electron chi connectivity index (χ3n) is 3.57. The molecule has 0 fully saturated rings. The lowest BCUT2D eigenvalue weighted by Crippen LogP contribution is -2.36. The highest BCUT2D eigenvalue weighted by Crippen LogP contribution is 2.32. The van der Waals surface area contributed by atoms with E-state index in [1.807, 2.05) is 49.4 Å². The topological polar surface area (TPSA) is 59.6 Å². The molecular formula is C18H17BrN2O3. The first-order valence-electron chi connectivity index (χ1n) is 7.49. The summed E-state index contributed by atoms with van der Waals surface area (Å²) in [6.45, 7) is 2.17. The van der Waals surface area contributed by atoms with Gasteiger partial charge in [0.2, 0.25) is 6.79 Å². The van der Waals surface area contributed by atoms with E-state index in [2.05, 4.69) is 26.8 Å². The maximum Gasteiger partial charge on any atom is 0.270 e. The van der Waals surface area contributed by atoms with E-state index in [0.717, 1.165) is 33.7 Å². The lowest BCUT2D eigenvalue weighted by Gasteiger charge is -2.10. The molecule has 1 aliphatic rings. The lowest BCUT2D eigenvalue weighted by atomic mass is 10.1. The number of hydrazine groups is 1. The number of halogens is 1. The Bertz CT molecular complexity index is 790. The first-order chi connectivity index (χ1) is 11.6. The van der Waals surface area contributed by atoms with Crippen LogP contribution in [-0.2, 0) is 6.42 Å². The molecule has 124 valence electrons. The largest absolute Gasteiger partial charge is 0.454 e. The van der Waals surface area contributed by atoms with Crippen LogP contribution in [0.3, 0.4) is 0 Å². The van der Waals surface area contributed by atoms with E-state index in [-0.39, 0.29) is 12.7 Å². The molecule has 2 N–H and O–H groups in total. The van der Waals surface area contributed by atoms with Crippen molar-refractivity contribution in [2.45, 2.75) is 13.3 Å². The molecule has 0 bridgehead atoms. The molecule has 6 heteroatoms. The van der Waals surface area contributed by atoms with E-state index >= 15 is 0 Å². The molecule has 24 heavy (non-hydrogen) atoms. The van der Waals surface area contributed by atoms with Crippen LogP contribution in [0, 0.1) is 0 Å². The SMILES string of the molecule is CC(=CCc1ccc2c(c1)OCO2)NNC(=O)c1ccccc1Br. The maximum atomic E-state index is 12.1. The van der Waals surface area contributed by atoms with Crippen molar-refractivity contribution in [2.75, 3.05) is 6.79 Å². The Labute approximate surface area is 148 Å². The minimum absolute atomic E-state index is 0.196. The first kappa shape index (κ1) is 16.4. The van der Waals surface area contributed by atoms with Crippen LogP contribution in [-0.4, -0.2) is 12.7 Å². The molecule has 2 aromatic carbocycles. The monoisotopic (exact) mass is 388 g/mol. The standard InChI is InChI=1S/C18H17BrN2O3/c1-12(20-21-18(22)14-4-2-3-5-15(14)19)6-7-13-8-9-16-17(10-13)24-11-23-16/h2-6,8-10,20H,7,11H2,1H3,(H,21,22). The second-order valence-corrected chi connectivity index (χ2v) is 6.19. The van der Waals surface area contributed by atoms with Gasteiger partial charge in [0.25, 0.3) is 5.91 Å². The third-order valence-corrected chi connectivity index (χ3v) is 4.26. The third kappa shape index (κ3) is 3.89. The van der Waals surface area contributed by atoms with Crippen LogP contribution in [0.2, 0.25) is 0 Å². The normalized spacial score (nSPS) is 12.8. The number of fused-ring (bicyclic) bond motifs is 1. The zero-order valence-corrected chi connectivity index (χ0v) is 14.7. The Morgan fingerprint density at radius 3 is 2.79 bits per heavy atom. The molecule has 0 aliphatic carbocycles.